The summed E-state index contributed by atoms with van der Waals surface area (Å²) in [5.41, 5.74) is 0.128. The van der Waals surface area contributed by atoms with E-state index < -0.39 is 71.3 Å². The van der Waals surface area contributed by atoms with Crippen molar-refractivity contribution in [1.82, 2.24) is 9.21 Å². The largest absolute Gasteiger partial charge is 0.490 e. The summed E-state index contributed by atoms with van der Waals surface area (Å²) in [5.74, 6) is -2.28. The summed E-state index contributed by atoms with van der Waals surface area (Å²) >= 11 is 0. The molecule has 1 heterocycles. The van der Waals surface area contributed by atoms with Crippen molar-refractivity contribution in [2.45, 2.75) is 82.2 Å². The van der Waals surface area contributed by atoms with Gasteiger partial charge in [-0.1, -0.05) is 6.92 Å². The molecule has 0 bridgehead atoms. The van der Waals surface area contributed by atoms with E-state index in [2.05, 4.69) is 5.32 Å². The number of hydrogen-bond acceptors (Lipinski definition) is 7. The van der Waals surface area contributed by atoms with Crippen molar-refractivity contribution in [3.63, 3.8) is 0 Å². The minimum Gasteiger partial charge on any atom is -0.490 e. The van der Waals surface area contributed by atoms with E-state index in [9.17, 15) is 40.7 Å². The summed E-state index contributed by atoms with van der Waals surface area (Å²) in [7, 11) is -2.62. The zero-order valence-electron chi connectivity index (χ0n) is 26.9. The fourth-order valence-corrected chi connectivity index (χ4v) is 6.26. The fourth-order valence-electron chi connectivity index (χ4n) is 5.08. The van der Waals surface area contributed by atoms with E-state index in [0.717, 1.165) is 16.4 Å². The molecule has 47 heavy (non-hydrogen) atoms. The van der Waals surface area contributed by atoms with Crippen LogP contribution in [0, 0.1) is 11.7 Å². The number of sulfonamides is 1. The Balaban J connectivity index is 1.94. The Morgan fingerprint density at radius 2 is 1.83 bits per heavy atom. The van der Waals surface area contributed by atoms with E-state index in [0.29, 0.717) is 25.9 Å². The predicted octanol–water partition coefficient (Wildman–Crippen LogP) is 5.22. The van der Waals surface area contributed by atoms with Crippen LogP contribution in [0.2, 0.25) is 0 Å². The Morgan fingerprint density at radius 1 is 1.15 bits per heavy atom. The van der Waals surface area contributed by atoms with Crippen LogP contribution in [-0.4, -0.2) is 92.3 Å². The van der Waals surface area contributed by atoms with Crippen LogP contribution in [0.1, 0.15) is 63.2 Å². The third-order valence-corrected chi connectivity index (χ3v) is 9.77. The number of nitrogens with one attached hydrogen (secondary N) is 1. The lowest BCUT2D eigenvalue weighted by Crippen LogP contribution is -2.48. The Bertz CT molecular complexity index is 1460. The molecule has 1 aliphatic rings. The number of carbonyl (C=O) groups is 2. The second kappa shape index (κ2) is 16.7. The number of hydrogen-bond donors (Lipinski definition) is 2. The van der Waals surface area contributed by atoms with Crippen molar-refractivity contribution < 1.29 is 50.1 Å². The number of aliphatic hydroxyl groups is 1. The Kier molecular flexibility index (Phi) is 13.6. The van der Waals surface area contributed by atoms with Gasteiger partial charge in [0, 0.05) is 44.8 Å². The van der Waals surface area contributed by atoms with Gasteiger partial charge in [-0.05, 0) is 75.6 Å². The highest BCUT2D eigenvalue weighted by Gasteiger charge is 2.33. The maximum atomic E-state index is 14.2. The average Bonchev–Trinajstić information content (AvgIpc) is 3.01. The molecule has 3 rings (SSSR count). The maximum Gasteiger partial charge on any atom is 0.389 e. The van der Waals surface area contributed by atoms with Crippen LogP contribution in [0.3, 0.4) is 0 Å². The van der Waals surface area contributed by atoms with Crippen molar-refractivity contribution >= 4 is 27.5 Å². The molecule has 0 saturated carbocycles. The van der Waals surface area contributed by atoms with Gasteiger partial charge < -0.3 is 24.8 Å². The standard InChI is InChI=1S/C32H43F4N3O7S/c1-21-18-39(22(2)20-40)31(42)27-17-25(37-30(41)14-15-32(34,35)36)10-13-28(27)46-23(3)7-5-6-16-45-29(21)19-38(4)47(43,44)26-11-8-24(33)9-12-26/h8-13,17,21-23,29,40H,5-7,14-16,18-20H2,1-4H3,(H,37,41)/t21-,22-,23-,29+/m0/s1. The molecule has 262 valence electrons. The minimum absolute atomic E-state index is 0.0207. The second-order valence-electron chi connectivity index (χ2n) is 11.9. The van der Waals surface area contributed by atoms with Gasteiger partial charge in [0.1, 0.15) is 11.6 Å². The van der Waals surface area contributed by atoms with Crippen LogP contribution in [0.15, 0.2) is 47.4 Å². The normalized spacial score (nSPS) is 21.0. The van der Waals surface area contributed by atoms with E-state index >= 15 is 0 Å². The number of nitrogens with zero attached hydrogens (tertiary/aromatic N) is 2. The van der Waals surface area contributed by atoms with Crippen LogP contribution in [0.4, 0.5) is 23.2 Å². The van der Waals surface area contributed by atoms with Crippen LogP contribution in [0.5, 0.6) is 5.75 Å². The number of carbonyl (C=O) groups excluding carboxylic acids is 2. The van der Waals surface area contributed by atoms with E-state index in [1.165, 1.54) is 42.3 Å². The number of rotatable bonds is 9. The zero-order valence-corrected chi connectivity index (χ0v) is 27.7. The SMILES string of the molecule is C[C@H]1CCCCO[C@H](CN(C)S(=O)(=O)c2ccc(F)cc2)[C@@H](C)CN([C@@H](C)CO)C(=O)c2cc(NC(=O)CCC(F)(F)F)ccc2O1. The summed E-state index contributed by atoms with van der Waals surface area (Å²) in [6.07, 6.45) is -5.72. The molecule has 2 aromatic carbocycles. The van der Waals surface area contributed by atoms with E-state index in [4.69, 9.17) is 9.47 Å². The first-order valence-electron chi connectivity index (χ1n) is 15.4. The van der Waals surface area contributed by atoms with Gasteiger partial charge in [0.2, 0.25) is 15.9 Å². The number of halogens is 4. The first kappa shape index (κ1) is 38.2. The predicted molar refractivity (Wildman–Crippen MR) is 167 cm³/mol. The maximum absolute atomic E-state index is 14.2. The van der Waals surface area contributed by atoms with E-state index in [1.54, 1.807) is 13.8 Å². The molecule has 0 saturated heterocycles. The van der Waals surface area contributed by atoms with E-state index in [1.807, 2.05) is 6.92 Å². The number of aliphatic hydroxyl groups excluding tert-OH is 1. The van der Waals surface area contributed by atoms with Crippen molar-refractivity contribution in [2.75, 3.05) is 38.7 Å². The lowest BCUT2D eigenvalue weighted by Gasteiger charge is -2.35. The minimum atomic E-state index is -4.51. The second-order valence-corrected chi connectivity index (χ2v) is 14.0. The summed E-state index contributed by atoms with van der Waals surface area (Å²) in [5, 5.41) is 12.5. The highest BCUT2D eigenvalue weighted by molar-refractivity contribution is 7.89. The number of fused-ring (bicyclic) bond motifs is 1. The molecule has 2 amide bonds. The molecular weight excluding hydrogens is 646 g/mol. The molecule has 0 radical (unpaired) electrons. The van der Waals surface area contributed by atoms with Crippen LogP contribution >= 0.6 is 0 Å². The molecule has 1 aliphatic heterocycles. The first-order chi connectivity index (χ1) is 22.0. The molecule has 0 unspecified atom stereocenters. The summed E-state index contributed by atoms with van der Waals surface area (Å²) < 4.78 is 91.4. The topological polar surface area (TPSA) is 125 Å². The number of anilines is 1. The highest BCUT2D eigenvalue weighted by atomic mass is 32.2. The first-order valence-corrected chi connectivity index (χ1v) is 16.9. The summed E-state index contributed by atoms with van der Waals surface area (Å²) in [6.45, 7) is 5.07. The van der Waals surface area contributed by atoms with Gasteiger partial charge in [-0.2, -0.15) is 17.5 Å². The molecule has 2 aromatic rings. The number of amides is 2. The lowest BCUT2D eigenvalue weighted by molar-refractivity contribution is -0.142. The Labute approximate surface area is 273 Å². The number of alkyl halides is 3. The number of likely N-dealkylation sites (N-methyl/N-ethyl adjacent to an activating group) is 1. The smallest absolute Gasteiger partial charge is 0.389 e. The number of ether oxygens (including phenoxy) is 2. The molecule has 0 aliphatic carbocycles. The molecule has 0 aromatic heterocycles. The van der Waals surface area contributed by atoms with Crippen LogP contribution in [0.25, 0.3) is 0 Å². The molecule has 10 nitrogen and oxygen atoms in total. The average molecular weight is 690 g/mol. The molecule has 2 N–H and O–H groups in total. The van der Waals surface area contributed by atoms with Gasteiger partial charge in [0.25, 0.3) is 5.91 Å². The van der Waals surface area contributed by atoms with E-state index in [-0.39, 0.29) is 41.1 Å². The van der Waals surface area contributed by atoms with Gasteiger partial charge in [0.15, 0.2) is 0 Å². The highest BCUT2D eigenvalue weighted by Crippen LogP contribution is 2.29. The molecule has 0 fully saturated rings. The van der Waals surface area contributed by atoms with Crippen molar-refractivity contribution in [3.8, 4) is 5.75 Å². The zero-order chi connectivity index (χ0) is 34.9. The van der Waals surface area contributed by atoms with Gasteiger partial charge in [-0.3, -0.25) is 9.59 Å². The Hall–Kier alpha value is -3.27. The summed E-state index contributed by atoms with van der Waals surface area (Å²) in [4.78, 5) is 27.7. The fraction of sp³-hybridized carbons (Fsp3) is 0.562. The van der Waals surface area contributed by atoms with Gasteiger partial charge in [-0.25, -0.2) is 12.8 Å². The third-order valence-electron chi connectivity index (χ3n) is 7.93. The van der Waals surface area contributed by atoms with Crippen LogP contribution in [-0.2, 0) is 19.6 Å². The lowest BCUT2D eigenvalue weighted by atomic mass is 10.0. The summed E-state index contributed by atoms with van der Waals surface area (Å²) in [6, 6.07) is 8.01. The molecular formula is C32H43F4N3O7S. The van der Waals surface area contributed by atoms with Crippen molar-refractivity contribution in [3.05, 3.63) is 53.8 Å². The third kappa shape index (κ3) is 11.2. The van der Waals surface area contributed by atoms with Gasteiger partial charge >= 0.3 is 6.18 Å². The quantitative estimate of drug-likeness (QED) is 0.346. The molecule has 15 heteroatoms. The Morgan fingerprint density at radius 3 is 2.47 bits per heavy atom. The van der Waals surface area contributed by atoms with Crippen molar-refractivity contribution in [2.24, 2.45) is 5.92 Å². The molecule has 4 atom stereocenters. The number of benzene rings is 2. The van der Waals surface area contributed by atoms with Gasteiger partial charge in [0.05, 0.1) is 41.7 Å². The monoisotopic (exact) mass is 689 g/mol. The van der Waals surface area contributed by atoms with Crippen LogP contribution < -0.4 is 10.1 Å². The molecule has 0 spiro atoms. The van der Waals surface area contributed by atoms with Gasteiger partial charge in [-0.15, -0.1) is 0 Å². The van der Waals surface area contributed by atoms with Crippen molar-refractivity contribution in [1.29, 1.82) is 0 Å².